The minimum absolute atomic E-state index is 0.590. The van der Waals surface area contributed by atoms with E-state index in [9.17, 15) is 8.78 Å². The summed E-state index contributed by atoms with van der Waals surface area (Å²) >= 11 is 5.89. The highest BCUT2D eigenvalue weighted by Crippen LogP contribution is 2.53. The van der Waals surface area contributed by atoms with Crippen LogP contribution in [-0.2, 0) is 0 Å². The Hall–Kier alpha value is 0.820. The van der Waals surface area contributed by atoms with E-state index in [0.29, 0.717) is 18.8 Å². The largest absolute Gasteiger partial charge is 0.316 e. The van der Waals surface area contributed by atoms with Gasteiger partial charge in [-0.05, 0) is 72.2 Å². The molecule has 0 N–H and O–H groups in total. The van der Waals surface area contributed by atoms with Crippen molar-refractivity contribution in [2.75, 3.05) is 0 Å². The van der Waals surface area contributed by atoms with Crippen LogP contribution in [0.2, 0.25) is 0 Å². The van der Waals surface area contributed by atoms with Crippen LogP contribution in [0.25, 0.3) is 0 Å². The molecule has 0 aromatic carbocycles. The zero-order valence-corrected chi connectivity index (χ0v) is 16.9. The summed E-state index contributed by atoms with van der Waals surface area (Å²) in [4.78, 5) is -2.79. The van der Waals surface area contributed by atoms with Crippen molar-refractivity contribution in [2.24, 2.45) is 17.8 Å². The van der Waals surface area contributed by atoms with Crippen LogP contribution in [-0.4, -0.2) is 9.16 Å². The topological polar surface area (TPSA) is 0 Å². The molecule has 0 aromatic heterocycles. The predicted octanol–water partition coefficient (Wildman–Crippen LogP) is 7.68. The summed E-state index contributed by atoms with van der Waals surface area (Å²) in [6, 6.07) is 0. The number of halogens is 4. The van der Waals surface area contributed by atoms with E-state index in [1.54, 1.807) is 0 Å². The zero-order chi connectivity index (χ0) is 16.2. The van der Waals surface area contributed by atoms with E-state index < -0.39 is 9.16 Å². The van der Waals surface area contributed by atoms with Gasteiger partial charge < -0.3 is 0 Å². The number of hydrogen-bond donors (Lipinski definition) is 0. The first kappa shape index (κ1) is 19.1. The summed E-state index contributed by atoms with van der Waals surface area (Å²) in [7, 11) is 0. The molecule has 2 aliphatic carbocycles. The average molecular weight is 444 g/mol. The first-order chi connectivity index (χ1) is 10.4. The number of hydrogen-bond acceptors (Lipinski definition) is 0. The lowest BCUT2D eigenvalue weighted by Gasteiger charge is -2.42. The number of alkyl halides is 4. The third-order valence-corrected chi connectivity index (χ3v) is 8.69. The maximum atomic E-state index is 13.6. The average Bonchev–Trinajstić information content (AvgIpc) is 2.48. The Kier molecular flexibility index (Phi) is 7.20. The lowest BCUT2D eigenvalue weighted by molar-refractivity contribution is 0.0341. The molecule has 22 heavy (non-hydrogen) atoms. The van der Waals surface area contributed by atoms with Crippen LogP contribution >= 0.6 is 31.9 Å². The van der Waals surface area contributed by atoms with E-state index in [-0.39, 0.29) is 0 Å². The van der Waals surface area contributed by atoms with Crippen LogP contribution in [0.5, 0.6) is 0 Å². The van der Waals surface area contributed by atoms with Gasteiger partial charge in [-0.2, -0.15) is 8.78 Å². The Morgan fingerprint density at radius 1 is 0.955 bits per heavy atom. The summed E-state index contributed by atoms with van der Waals surface area (Å²) in [6.07, 6.45) is 14.0. The van der Waals surface area contributed by atoms with Gasteiger partial charge in [0.25, 0.3) is 0 Å². The molecule has 0 atom stereocenters. The molecular formula is C18H30Br2F2. The van der Waals surface area contributed by atoms with Crippen molar-refractivity contribution in [2.45, 2.75) is 93.1 Å². The second-order valence-corrected chi connectivity index (χ2v) is 10.1. The fourth-order valence-corrected chi connectivity index (χ4v) is 5.34. The molecule has 0 nitrogen and oxygen atoms in total. The van der Waals surface area contributed by atoms with Gasteiger partial charge in [0.2, 0.25) is 0 Å². The highest BCUT2D eigenvalue weighted by atomic mass is 79.9. The molecule has 0 unspecified atom stereocenters. The van der Waals surface area contributed by atoms with Crippen molar-refractivity contribution in [3.63, 3.8) is 0 Å². The Labute approximate surface area is 151 Å². The molecule has 0 heterocycles. The molecule has 0 bridgehead atoms. The Bertz CT molecular complexity index is 324. The minimum atomic E-state index is -2.79. The molecule has 130 valence electrons. The van der Waals surface area contributed by atoms with Gasteiger partial charge in [-0.1, -0.05) is 61.4 Å². The van der Waals surface area contributed by atoms with Crippen molar-refractivity contribution in [1.29, 1.82) is 0 Å². The SMILES string of the molecule is CCCCCC1CCC([C@H]2CC[C@](Br)(C(F)(F)Br)CC2)CC1. The van der Waals surface area contributed by atoms with Gasteiger partial charge in [0.15, 0.2) is 0 Å². The van der Waals surface area contributed by atoms with E-state index in [4.69, 9.17) is 0 Å². The highest BCUT2D eigenvalue weighted by Gasteiger charge is 2.52. The second kappa shape index (κ2) is 8.27. The maximum absolute atomic E-state index is 13.6. The van der Waals surface area contributed by atoms with Crippen molar-refractivity contribution in [1.82, 2.24) is 0 Å². The van der Waals surface area contributed by atoms with Gasteiger partial charge in [-0.25, -0.2) is 0 Å². The van der Waals surface area contributed by atoms with Crippen LogP contribution in [0, 0.1) is 17.8 Å². The zero-order valence-electron chi connectivity index (χ0n) is 13.7. The summed E-state index contributed by atoms with van der Waals surface area (Å²) < 4.78 is 26.2. The van der Waals surface area contributed by atoms with Crippen LogP contribution in [0.3, 0.4) is 0 Å². The number of unbranched alkanes of at least 4 members (excludes halogenated alkanes) is 2. The first-order valence-corrected chi connectivity index (χ1v) is 10.7. The third kappa shape index (κ3) is 4.91. The minimum Gasteiger partial charge on any atom is -0.192 e. The predicted molar refractivity (Wildman–Crippen MR) is 97.1 cm³/mol. The summed E-state index contributed by atoms with van der Waals surface area (Å²) in [6.45, 7) is 2.26. The summed E-state index contributed by atoms with van der Waals surface area (Å²) in [5.41, 5.74) is 0. The van der Waals surface area contributed by atoms with Crippen molar-refractivity contribution in [3.8, 4) is 0 Å². The van der Waals surface area contributed by atoms with Crippen molar-refractivity contribution in [3.05, 3.63) is 0 Å². The lowest BCUT2D eigenvalue weighted by Crippen LogP contribution is -2.42. The van der Waals surface area contributed by atoms with Gasteiger partial charge in [0, 0.05) is 0 Å². The van der Waals surface area contributed by atoms with Crippen LogP contribution in [0.15, 0.2) is 0 Å². The molecule has 0 radical (unpaired) electrons. The van der Waals surface area contributed by atoms with E-state index in [1.807, 2.05) is 0 Å². The van der Waals surface area contributed by atoms with E-state index in [0.717, 1.165) is 24.7 Å². The van der Waals surface area contributed by atoms with Gasteiger partial charge >= 0.3 is 4.83 Å². The third-order valence-electron chi connectivity index (χ3n) is 6.10. The van der Waals surface area contributed by atoms with Gasteiger partial charge in [0.1, 0.15) is 0 Å². The fraction of sp³-hybridized carbons (Fsp3) is 1.00. The van der Waals surface area contributed by atoms with Crippen molar-refractivity contribution >= 4 is 31.9 Å². The fourth-order valence-electron chi connectivity index (χ4n) is 4.48. The molecule has 0 aromatic rings. The quantitative estimate of drug-likeness (QED) is 0.291. The molecule has 2 aliphatic rings. The molecule has 0 amide bonds. The van der Waals surface area contributed by atoms with Crippen LogP contribution in [0.4, 0.5) is 8.78 Å². The number of rotatable bonds is 6. The molecule has 0 spiro atoms. The Morgan fingerprint density at radius 2 is 1.50 bits per heavy atom. The molecule has 2 rings (SSSR count). The Balaban J connectivity index is 1.73. The Morgan fingerprint density at radius 3 is 2.00 bits per heavy atom. The molecule has 0 saturated heterocycles. The lowest BCUT2D eigenvalue weighted by atomic mass is 9.68. The normalized spacial score (nSPS) is 37.2. The molecule has 4 heteroatoms. The van der Waals surface area contributed by atoms with E-state index in [1.165, 1.54) is 51.4 Å². The summed E-state index contributed by atoms with van der Waals surface area (Å²) in [5.74, 6) is 2.41. The van der Waals surface area contributed by atoms with Gasteiger partial charge in [-0.3, -0.25) is 0 Å². The van der Waals surface area contributed by atoms with E-state index in [2.05, 4.69) is 38.8 Å². The standard InChI is InChI=1S/C18H30Br2F2/c1-2-3-4-5-14-6-8-15(9-7-14)16-10-12-17(19,13-11-16)18(20,21)22/h14-16H,2-13H2,1H3/t14?,15?,16-,17+. The molecule has 2 saturated carbocycles. The monoisotopic (exact) mass is 442 g/mol. The summed E-state index contributed by atoms with van der Waals surface area (Å²) in [5, 5.41) is 0. The second-order valence-electron chi connectivity index (χ2n) is 7.58. The first-order valence-electron chi connectivity index (χ1n) is 9.11. The maximum Gasteiger partial charge on any atom is 0.316 e. The van der Waals surface area contributed by atoms with Crippen LogP contribution in [0.1, 0.15) is 84.0 Å². The molecule has 0 aliphatic heterocycles. The van der Waals surface area contributed by atoms with Crippen LogP contribution < -0.4 is 0 Å². The van der Waals surface area contributed by atoms with E-state index >= 15 is 0 Å². The molecule has 2 fully saturated rings. The van der Waals surface area contributed by atoms with Crippen molar-refractivity contribution < 1.29 is 8.78 Å². The highest BCUT2D eigenvalue weighted by molar-refractivity contribution is 9.12. The smallest absolute Gasteiger partial charge is 0.192 e. The van der Waals surface area contributed by atoms with Gasteiger partial charge in [-0.15, -0.1) is 0 Å². The molecular weight excluding hydrogens is 414 g/mol. The van der Waals surface area contributed by atoms with Gasteiger partial charge in [0.05, 0.1) is 4.32 Å².